The Morgan fingerprint density at radius 1 is 1.16 bits per heavy atom. The Kier molecular flexibility index (Phi) is 6.03. The maximum atomic E-state index is 14.0. The van der Waals surface area contributed by atoms with Crippen LogP contribution in [-0.4, -0.2) is 74.0 Å². The summed E-state index contributed by atoms with van der Waals surface area (Å²) in [7, 11) is 1.63. The standard InChI is InChI=1S/C24H28N2O5S/c1-29-13-12-26-21(19-7-4-16-32-19)20(17-5-2-3-6-18(17)22(26)27)23(28)25-10-8-24(9-11-25)30-14-15-31-24/h2-7,16,20-21H,8-15H2,1H3/t20-,21-/m0/s1. The number of likely N-dealkylation sites (tertiary alicyclic amines) is 1. The molecule has 2 amide bonds. The molecule has 8 heteroatoms. The van der Waals surface area contributed by atoms with Crippen LogP contribution in [0.15, 0.2) is 41.8 Å². The highest BCUT2D eigenvalue weighted by Crippen LogP contribution is 2.45. The molecule has 0 N–H and O–H groups in total. The van der Waals surface area contributed by atoms with E-state index >= 15 is 0 Å². The Labute approximate surface area is 191 Å². The SMILES string of the molecule is COCCN1C(=O)c2ccccc2[C@H](C(=O)N2CCC3(CC2)OCCO3)[C@@H]1c1cccs1. The highest BCUT2D eigenvalue weighted by molar-refractivity contribution is 7.10. The van der Waals surface area contributed by atoms with Crippen molar-refractivity contribution in [2.24, 2.45) is 0 Å². The van der Waals surface area contributed by atoms with E-state index in [2.05, 4.69) is 0 Å². The fourth-order valence-electron chi connectivity index (χ4n) is 5.12. The van der Waals surface area contributed by atoms with Crippen LogP contribution in [0.5, 0.6) is 0 Å². The Morgan fingerprint density at radius 3 is 2.59 bits per heavy atom. The number of amides is 2. The maximum absolute atomic E-state index is 14.0. The van der Waals surface area contributed by atoms with Gasteiger partial charge in [-0.3, -0.25) is 9.59 Å². The summed E-state index contributed by atoms with van der Waals surface area (Å²) < 4.78 is 17.0. The van der Waals surface area contributed by atoms with Gasteiger partial charge in [-0.2, -0.15) is 0 Å². The third-order valence-corrected chi connectivity index (χ3v) is 7.67. The molecule has 0 bridgehead atoms. The fraction of sp³-hybridized carbons (Fsp3) is 0.500. The molecule has 0 unspecified atom stereocenters. The quantitative estimate of drug-likeness (QED) is 0.692. The molecular formula is C24H28N2O5S. The van der Waals surface area contributed by atoms with Gasteiger partial charge in [-0.05, 0) is 23.1 Å². The Bertz CT molecular complexity index is 963. The van der Waals surface area contributed by atoms with E-state index in [9.17, 15) is 9.59 Å². The summed E-state index contributed by atoms with van der Waals surface area (Å²) >= 11 is 1.58. The number of benzene rings is 1. The third kappa shape index (κ3) is 3.75. The molecule has 2 atom stereocenters. The average molecular weight is 457 g/mol. The lowest BCUT2D eigenvalue weighted by Crippen LogP contribution is -2.52. The first-order valence-corrected chi connectivity index (χ1v) is 12.0. The van der Waals surface area contributed by atoms with Crippen LogP contribution in [0.2, 0.25) is 0 Å². The van der Waals surface area contributed by atoms with Crippen molar-refractivity contribution in [3.63, 3.8) is 0 Å². The van der Waals surface area contributed by atoms with Crippen LogP contribution in [0.25, 0.3) is 0 Å². The van der Waals surface area contributed by atoms with Crippen LogP contribution in [0.1, 0.15) is 45.6 Å². The number of methoxy groups -OCH3 is 1. The van der Waals surface area contributed by atoms with Gasteiger partial charge in [0.2, 0.25) is 5.91 Å². The van der Waals surface area contributed by atoms with Gasteiger partial charge in [-0.15, -0.1) is 11.3 Å². The Morgan fingerprint density at radius 2 is 1.91 bits per heavy atom. The van der Waals surface area contributed by atoms with Crippen molar-refractivity contribution < 1.29 is 23.8 Å². The molecule has 170 valence electrons. The normalized spacial score (nSPS) is 24.7. The molecule has 2 saturated heterocycles. The number of thiophene rings is 1. The molecule has 5 rings (SSSR count). The summed E-state index contributed by atoms with van der Waals surface area (Å²) in [6.07, 6.45) is 1.34. The summed E-state index contributed by atoms with van der Waals surface area (Å²) in [4.78, 5) is 32.2. The minimum Gasteiger partial charge on any atom is -0.383 e. The van der Waals surface area contributed by atoms with E-state index in [1.807, 2.05) is 51.6 Å². The lowest BCUT2D eigenvalue weighted by atomic mass is 9.80. The second-order valence-corrected chi connectivity index (χ2v) is 9.43. The number of hydrogen-bond donors (Lipinski definition) is 0. The molecule has 7 nitrogen and oxygen atoms in total. The van der Waals surface area contributed by atoms with Crippen LogP contribution in [0.3, 0.4) is 0 Å². The zero-order valence-electron chi connectivity index (χ0n) is 18.2. The van der Waals surface area contributed by atoms with Crippen molar-refractivity contribution >= 4 is 23.2 Å². The minimum absolute atomic E-state index is 0.0505. The van der Waals surface area contributed by atoms with Crippen molar-refractivity contribution in [2.75, 3.05) is 46.6 Å². The zero-order chi connectivity index (χ0) is 22.1. The average Bonchev–Trinajstić information content (AvgIpc) is 3.51. The van der Waals surface area contributed by atoms with Crippen molar-refractivity contribution in [3.8, 4) is 0 Å². The monoisotopic (exact) mass is 456 g/mol. The van der Waals surface area contributed by atoms with E-state index in [4.69, 9.17) is 14.2 Å². The molecule has 0 saturated carbocycles. The first-order chi connectivity index (χ1) is 15.6. The van der Waals surface area contributed by atoms with Gasteiger partial charge in [0, 0.05) is 50.0 Å². The van der Waals surface area contributed by atoms with Crippen LogP contribution >= 0.6 is 11.3 Å². The second kappa shape index (κ2) is 8.94. The Balaban J connectivity index is 1.50. The van der Waals surface area contributed by atoms with E-state index in [0.717, 1.165) is 10.4 Å². The number of piperidine rings is 1. The van der Waals surface area contributed by atoms with E-state index < -0.39 is 11.7 Å². The molecular weight excluding hydrogens is 428 g/mol. The summed E-state index contributed by atoms with van der Waals surface area (Å²) in [6.45, 7) is 3.24. The number of carbonyl (C=O) groups is 2. The molecule has 0 aliphatic carbocycles. The van der Waals surface area contributed by atoms with Crippen molar-refractivity contribution in [2.45, 2.75) is 30.6 Å². The molecule has 2 aromatic rings. The van der Waals surface area contributed by atoms with Crippen LogP contribution in [0, 0.1) is 0 Å². The summed E-state index contributed by atoms with van der Waals surface area (Å²) in [5, 5.41) is 2.00. The van der Waals surface area contributed by atoms with Crippen LogP contribution in [0.4, 0.5) is 0 Å². The topological polar surface area (TPSA) is 68.3 Å². The summed E-state index contributed by atoms with van der Waals surface area (Å²) in [5.74, 6) is -0.988. The number of hydrogen-bond acceptors (Lipinski definition) is 6. The van der Waals surface area contributed by atoms with Crippen molar-refractivity contribution in [3.05, 3.63) is 57.8 Å². The van der Waals surface area contributed by atoms with Gasteiger partial charge in [-0.25, -0.2) is 0 Å². The van der Waals surface area contributed by atoms with Gasteiger partial charge in [0.15, 0.2) is 5.79 Å². The summed E-state index contributed by atoms with van der Waals surface area (Å²) in [6, 6.07) is 11.2. The number of nitrogens with zero attached hydrogens (tertiary/aromatic N) is 2. The maximum Gasteiger partial charge on any atom is 0.254 e. The predicted octanol–water partition coefficient (Wildman–Crippen LogP) is 3.04. The molecule has 0 radical (unpaired) electrons. The van der Waals surface area contributed by atoms with E-state index in [-0.39, 0.29) is 17.9 Å². The van der Waals surface area contributed by atoms with Gasteiger partial charge >= 0.3 is 0 Å². The molecule has 1 spiro atoms. The van der Waals surface area contributed by atoms with Gasteiger partial charge in [0.25, 0.3) is 5.91 Å². The van der Waals surface area contributed by atoms with Gasteiger partial charge < -0.3 is 24.0 Å². The van der Waals surface area contributed by atoms with Crippen LogP contribution in [-0.2, 0) is 19.0 Å². The number of carbonyl (C=O) groups excluding carboxylic acids is 2. The lowest BCUT2D eigenvalue weighted by Gasteiger charge is -2.44. The molecule has 32 heavy (non-hydrogen) atoms. The van der Waals surface area contributed by atoms with Gasteiger partial charge in [-0.1, -0.05) is 24.3 Å². The van der Waals surface area contributed by atoms with E-state index in [1.54, 1.807) is 18.4 Å². The molecule has 3 aliphatic rings. The lowest BCUT2D eigenvalue weighted by molar-refractivity contribution is -0.188. The molecule has 4 heterocycles. The predicted molar refractivity (Wildman–Crippen MR) is 120 cm³/mol. The molecule has 2 fully saturated rings. The van der Waals surface area contributed by atoms with Crippen molar-refractivity contribution in [1.82, 2.24) is 9.80 Å². The smallest absolute Gasteiger partial charge is 0.254 e. The number of ether oxygens (including phenoxy) is 3. The van der Waals surface area contributed by atoms with E-state index in [0.29, 0.717) is 57.9 Å². The van der Waals surface area contributed by atoms with E-state index in [1.165, 1.54) is 0 Å². The minimum atomic E-state index is -0.533. The number of rotatable bonds is 5. The first kappa shape index (κ1) is 21.6. The van der Waals surface area contributed by atoms with Gasteiger partial charge in [0.1, 0.15) is 0 Å². The fourth-order valence-corrected chi connectivity index (χ4v) is 5.99. The summed E-state index contributed by atoms with van der Waals surface area (Å²) in [5.41, 5.74) is 1.41. The first-order valence-electron chi connectivity index (χ1n) is 11.1. The zero-order valence-corrected chi connectivity index (χ0v) is 19.0. The highest BCUT2D eigenvalue weighted by Gasteiger charge is 2.48. The van der Waals surface area contributed by atoms with Gasteiger partial charge in [0.05, 0.1) is 31.8 Å². The largest absolute Gasteiger partial charge is 0.383 e. The number of fused-ring (bicyclic) bond motifs is 1. The van der Waals surface area contributed by atoms with Crippen molar-refractivity contribution in [1.29, 1.82) is 0 Å². The molecule has 1 aromatic heterocycles. The second-order valence-electron chi connectivity index (χ2n) is 8.45. The van der Waals surface area contributed by atoms with Crippen LogP contribution < -0.4 is 0 Å². The Hall–Kier alpha value is -2.26. The third-order valence-electron chi connectivity index (χ3n) is 6.73. The highest BCUT2D eigenvalue weighted by atomic mass is 32.1. The molecule has 1 aromatic carbocycles. The molecule has 3 aliphatic heterocycles.